The Morgan fingerprint density at radius 3 is 2.28 bits per heavy atom. The Hall–Kier alpha value is -2.29. The van der Waals surface area contributed by atoms with Gasteiger partial charge in [-0.25, -0.2) is 4.98 Å². The number of hydrogen-bond acceptors (Lipinski definition) is 1. The summed E-state index contributed by atoms with van der Waals surface area (Å²) >= 11 is 0. The van der Waals surface area contributed by atoms with Gasteiger partial charge in [-0.3, -0.25) is 4.40 Å². The van der Waals surface area contributed by atoms with Crippen LogP contribution in [0, 0.1) is 0 Å². The van der Waals surface area contributed by atoms with Crippen molar-refractivity contribution in [2.45, 2.75) is 13.8 Å². The van der Waals surface area contributed by atoms with Gasteiger partial charge in [-0.1, -0.05) is 25.3 Å². The molecule has 18 heavy (non-hydrogen) atoms. The number of nitrogens with one attached hydrogen (secondary N) is 1. The first kappa shape index (κ1) is 12.2. The molecular formula is C15H17N3. The highest BCUT2D eigenvalue weighted by atomic mass is 15.1. The fraction of sp³-hybridized carbons (Fsp3) is 0.133. The zero-order chi connectivity index (χ0) is 13.1. The number of H-pyrrole nitrogens is 1. The van der Waals surface area contributed by atoms with Crippen molar-refractivity contribution in [2.75, 3.05) is 0 Å². The fourth-order valence-electron chi connectivity index (χ4n) is 2.03. The second-order valence-electron chi connectivity index (χ2n) is 3.87. The number of fused-ring (bicyclic) bond motifs is 1. The number of hydrogen-bond donors (Lipinski definition) is 1. The Labute approximate surface area is 107 Å². The molecule has 0 aliphatic rings. The summed E-state index contributed by atoms with van der Waals surface area (Å²) in [5.41, 5.74) is 3.92. The van der Waals surface area contributed by atoms with Crippen LogP contribution in [0.1, 0.15) is 36.6 Å². The summed E-state index contributed by atoms with van der Waals surface area (Å²) < 4.78 is 2.08. The zero-order valence-electron chi connectivity index (χ0n) is 10.8. The van der Waals surface area contributed by atoms with Gasteiger partial charge in [0.05, 0.1) is 22.8 Å². The first-order valence-electron chi connectivity index (χ1n) is 5.91. The summed E-state index contributed by atoms with van der Waals surface area (Å²) in [6, 6.07) is 0. The Bertz CT molecular complexity index is 597. The van der Waals surface area contributed by atoms with E-state index in [0.29, 0.717) is 0 Å². The van der Waals surface area contributed by atoms with E-state index in [9.17, 15) is 0 Å². The van der Waals surface area contributed by atoms with Gasteiger partial charge in [-0.15, -0.1) is 0 Å². The van der Waals surface area contributed by atoms with Crippen LogP contribution in [0.4, 0.5) is 0 Å². The number of rotatable bonds is 4. The zero-order valence-corrected chi connectivity index (χ0v) is 10.8. The molecule has 0 spiro atoms. The summed E-state index contributed by atoms with van der Waals surface area (Å²) in [5.74, 6) is 0.806. The molecule has 2 rings (SSSR count). The molecule has 0 aliphatic carbocycles. The largest absolute Gasteiger partial charge is 0.323 e. The molecule has 0 radical (unpaired) electrons. The Morgan fingerprint density at radius 1 is 1.06 bits per heavy atom. The van der Waals surface area contributed by atoms with Gasteiger partial charge in [0, 0.05) is 0 Å². The van der Waals surface area contributed by atoms with E-state index < -0.39 is 0 Å². The smallest absolute Gasteiger partial charge is 0.213 e. The average Bonchev–Trinajstić information content (AvgIpc) is 2.88. The van der Waals surface area contributed by atoms with Crippen LogP contribution in [-0.2, 0) is 0 Å². The molecule has 0 fully saturated rings. The Morgan fingerprint density at radius 2 is 1.72 bits per heavy atom. The van der Waals surface area contributed by atoms with Gasteiger partial charge in [-0.2, -0.15) is 0 Å². The molecule has 0 saturated heterocycles. The van der Waals surface area contributed by atoms with Crippen LogP contribution in [0.25, 0.3) is 30.1 Å². The van der Waals surface area contributed by atoms with Crippen LogP contribution in [-0.4, -0.2) is 14.4 Å². The third-order valence-electron chi connectivity index (χ3n) is 2.75. The maximum atomic E-state index is 4.52. The van der Waals surface area contributed by atoms with Crippen molar-refractivity contribution in [3.63, 3.8) is 0 Å². The molecule has 1 N–H and O–H groups in total. The molecule has 0 aliphatic heterocycles. The van der Waals surface area contributed by atoms with E-state index in [-0.39, 0.29) is 0 Å². The Balaban J connectivity index is 2.88. The fourth-order valence-corrected chi connectivity index (χ4v) is 2.03. The number of nitrogens with zero attached hydrogens (tertiary/aromatic N) is 2. The molecule has 0 aromatic carbocycles. The average molecular weight is 239 g/mol. The highest BCUT2D eigenvalue weighted by molar-refractivity contribution is 5.70. The van der Waals surface area contributed by atoms with Crippen LogP contribution >= 0.6 is 0 Å². The van der Waals surface area contributed by atoms with Crippen molar-refractivity contribution in [3.8, 4) is 0 Å². The number of aromatic amines is 1. The van der Waals surface area contributed by atoms with E-state index in [1.807, 2.05) is 38.2 Å². The molecule has 2 aromatic rings. The van der Waals surface area contributed by atoms with Crippen LogP contribution < -0.4 is 0 Å². The molecule has 0 saturated carbocycles. The summed E-state index contributed by atoms with van der Waals surface area (Å²) in [6.45, 7) is 11.6. The van der Waals surface area contributed by atoms with E-state index in [0.717, 1.165) is 28.6 Å². The van der Waals surface area contributed by atoms with Crippen molar-refractivity contribution < 1.29 is 0 Å². The first-order valence-corrected chi connectivity index (χ1v) is 5.91. The number of imidazole rings is 2. The topological polar surface area (TPSA) is 33.1 Å². The lowest BCUT2D eigenvalue weighted by Gasteiger charge is -1.98. The Kier molecular flexibility index (Phi) is 3.33. The van der Waals surface area contributed by atoms with Gasteiger partial charge in [0.25, 0.3) is 0 Å². The van der Waals surface area contributed by atoms with Gasteiger partial charge >= 0.3 is 0 Å². The van der Waals surface area contributed by atoms with Crippen LogP contribution in [0.3, 0.4) is 0 Å². The first-order chi connectivity index (χ1) is 8.76. The van der Waals surface area contributed by atoms with Crippen molar-refractivity contribution in [2.24, 2.45) is 0 Å². The minimum atomic E-state index is 0.806. The van der Waals surface area contributed by atoms with E-state index in [4.69, 9.17) is 0 Å². The standard InChI is InChI=1S/C15H17N3/c1-5-9-13-11(7-3)16-15-17-12(8-4)14(10-6-2)18(13)15/h5-10H,3-4H2,1-2H3,(H,16,17)/b9-5-,10-6-. The predicted molar refractivity (Wildman–Crippen MR) is 79.1 cm³/mol. The van der Waals surface area contributed by atoms with Crippen molar-refractivity contribution in [3.05, 3.63) is 48.1 Å². The van der Waals surface area contributed by atoms with Gasteiger partial charge in [-0.05, 0) is 38.2 Å². The molecule has 0 unspecified atom stereocenters. The molecule has 0 amide bonds. The van der Waals surface area contributed by atoms with Gasteiger partial charge in [0.1, 0.15) is 0 Å². The highest BCUT2D eigenvalue weighted by Crippen LogP contribution is 2.22. The third kappa shape index (κ3) is 1.74. The van der Waals surface area contributed by atoms with Gasteiger partial charge < -0.3 is 4.98 Å². The predicted octanol–water partition coefficient (Wildman–Crippen LogP) is 4.01. The molecule has 3 heteroatoms. The van der Waals surface area contributed by atoms with Gasteiger partial charge in [0.2, 0.25) is 5.78 Å². The van der Waals surface area contributed by atoms with E-state index in [1.54, 1.807) is 12.2 Å². The van der Waals surface area contributed by atoms with Crippen molar-refractivity contribution in [1.82, 2.24) is 14.4 Å². The molecule has 3 nitrogen and oxygen atoms in total. The summed E-state index contributed by atoms with van der Waals surface area (Å²) in [5, 5.41) is 0. The summed E-state index contributed by atoms with van der Waals surface area (Å²) in [6.07, 6.45) is 11.6. The summed E-state index contributed by atoms with van der Waals surface area (Å²) in [7, 11) is 0. The van der Waals surface area contributed by atoms with Crippen LogP contribution in [0.5, 0.6) is 0 Å². The highest BCUT2D eigenvalue weighted by Gasteiger charge is 2.14. The number of aromatic nitrogens is 3. The molecule has 0 atom stereocenters. The van der Waals surface area contributed by atoms with E-state index in [2.05, 4.69) is 27.5 Å². The maximum absolute atomic E-state index is 4.52. The van der Waals surface area contributed by atoms with Gasteiger partial charge in [0.15, 0.2) is 0 Å². The summed E-state index contributed by atoms with van der Waals surface area (Å²) in [4.78, 5) is 7.77. The van der Waals surface area contributed by atoms with Crippen LogP contribution in [0.15, 0.2) is 25.3 Å². The lowest BCUT2D eigenvalue weighted by molar-refractivity contribution is 1.17. The lowest BCUT2D eigenvalue weighted by atomic mass is 10.2. The molecule has 0 bridgehead atoms. The van der Waals surface area contributed by atoms with E-state index in [1.165, 1.54) is 0 Å². The lowest BCUT2D eigenvalue weighted by Crippen LogP contribution is -1.90. The SMILES string of the molecule is C=Cc1nc2[nH]c(C=C)c(/C=C\C)n2c1/C=C\C. The molecular weight excluding hydrogens is 222 g/mol. The van der Waals surface area contributed by atoms with Crippen LogP contribution in [0.2, 0.25) is 0 Å². The minimum Gasteiger partial charge on any atom is -0.323 e. The molecule has 2 heterocycles. The monoisotopic (exact) mass is 239 g/mol. The normalized spacial score (nSPS) is 11.9. The van der Waals surface area contributed by atoms with E-state index >= 15 is 0 Å². The molecule has 2 aromatic heterocycles. The molecule has 92 valence electrons. The maximum Gasteiger partial charge on any atom is 0.213 e. The van der Waals surface area contributed by atoms with Crippen molar-refractivity contribution >= 4 is 30.1 Å². The minimum absolute atomic E-state index is 0.806. The quantitative estimate of drug-likeness (QED) is 0.859. The second-order valence-corrected chi connectivity index (χ2v) is 3.87. The van der Waals surface area contributed by atoms with Crippen molar-refractivity contribution in [1.29, 1.82) is 0 Å². The number of allylic oxidation sites excluding steroid dienone is 2. The third-order valence-corrected chi connectivity index (χ3v) is 2.75. The second kappa shape index (κ2) is 4.92.